The maximum atomic E-state index is 12.3. The van der Waals surface area contributed by atoms with Crippen molar-refractivity contribution in [2.24, 2.45) is 0 Å². The molecule has 0 bridgehead atoms. The van der Waals surface area contributed by atoms with Crippen molar-refractivity contribution < 1.29 is 23.9 Å². The fourth-order valence-corrected chi connectivity index (χ4v) is 3.10. The molecule has 0 aliphatic heterocycles. The molecule has 0 aromatic heterocycles. The first kappa shape index (κ1) is 22.5. The number of fused-ring (bicyclic) bond motifs is 1. The van der Waals surface area contributed by atoms with Gasteiger partial charge in [0.1, 0.15) is 6.54 Å². The second-order valence-electron chi connectivity index (χ2n) is 6.98. The van der Waals surface area contributed by atoms with Crippen LogP contribution in [0.25, 0.3) is 10.8 Å². The molecule has 3 rings (SSSR count). The number of methoxy groups -OCH3 is 1. The van der Waals surface area contributed by atoms with Gasteiger partial charge in [-0.3, -0.25) is 19.2 Å². The lowest BCUT2D eigenvalue weighted by molar-refractivity contribution is -0.139. The molecule has 3 aromatic rings. The summed E-state index contributed by atoms with van der Waals surface area (Å²) in [6.45, 7) is -0.405. The van der Waals surface area contributed by atoms with E-state index in [2.05, 4.69) is 20.7 Å². The Hall–Kier alpha value is -4.20. The van der Waals surface area contributed by atoms with Crippen LogP contribution < -0.4 is 16.0 Å². The Labute approximate surface area is 184 Å². The van der Waals surface area contributed by atoms with Crippen LogP contribution in [0.4, 0.5) is 5.69 Å². The molecule has 0 aliphatic carbocycles. The molecule has 0 heterocycles. The van der Waals surface area contributed by atoms with Gasteiger partial charge in [0.25, 0.3) is 5.91 Å². The number of hydrogen-bond acceptors (Lipinski definition) is 5. The summed E-state index contributed by atoms with van der Waals surface area (Å²) in [4.78, 5) is 47.5. The fourth-order valence-electron chi connectivity index (χ4n) is 3.10. The van der Waals surface area contributed by atoms with Crippen molar-refractivity contribution in [3.8, 4) is 0 Å². The molecule has 0 unspecified atom stereocenters. The lowest BCUT2D eigenvalue weighted by Gasteiger charge is -2.09. The van der Waals surface area contributed by atoms with Crippen molar-refractivity contribution in [1.29, 1.82) is 0 Å². The van der Waals surface area contributed by atoms with Crippen LogP contribution in [-0.2, 0) is 25.5 Å². The van der Waals surface area contributed by atoms with Crippen LogP contribution in [0.5, 0.6) is 0 Å². The largest absolute Gasteiger partial charge is 0.468 e. The molecule has 8 nitrogen and oxygen atoms in total. The van der Waals surface area contributed by atoms with Crippen molar-refractivity contribution >= 4 is 40.2 Å². The number of esters is 1. The number of anilines is 1. The molecule has 0 fully saturated rings. The van der Waals surface area contributed by atoms with Crippen molar-refractivity contribution in [2.45, 2.75) is 6.42 Å². The van der Waals surface area contributed by atoms with E-state index in [0.717, 1.165) is 16.3 Å². The first-order valence-electron chi connectivity index (χ1n) is 9.94. The number of carbonyl (C=O) groups excluding carboxylic acids is 4. The molecule has 0 radical (unpaired) electrons. The Kier molecular flexibility index (Phi) is 7.53. The molecular formula is C24H23N3O5. The molecule has 164 valence electrons. The highest BCUT2D eigenvalue weighted by molar-refractivity contribution is 5.98. The van der Waals surface area contributed by atoms with Crippen LogP contribution in [0.2, 0.25) is 0 Å². The van der Waals surface area contributed by atoms with E-state index in [0.29, 0.717) is 11.3 Å². The quantitative estimate of drug-likeness (QED) is 0.471. The molecule has 3 N–H and O–H groups in total. The molecule has 0 atom stereocenters. The van der Waals surface area contributed by atoms with Crippen LogP contribution in [0.1, 0.15) is 15.9 Å². The molecule has 0 aliphatic rings. The van der Waals surface area contributed by atoms with E-state index in [1.54, 1.807) is 12.1 Å². The fraction of sp³-hybridized carbons (Fsp3) is 0.167. The summed E-state index contributed by atoms with van der Waals surface area (Å²) < 4.78 is 4.46. The third kappa shape index (κ3) is 6.15. The van der Waals surface area contributed by atoms with E-state index in [-0.39, 0.29) is 31.3 Å². The van der Waals surface area contributed by atoms with E-state index in [1.807, 2.05) is 42.5 Å². The average molecular weight is 433 g/mol. The van der Waals surface area contributed by atoms with E-state index < -0.39 is 11.9 Å². The molecule has 0 saturated heterocycles. The van der Waals surface area contributed by atoms with Crippen molar-refractivity contribution in [3.63, 3.8) is 0 Å². The van der Waals surface area contributed by atoms with Gasteiger partial charge in [0, 0.05) is 11.3 Å². The highest BCUT2D eigenvalue weighted by Gasteiger charge is 2.11. The van der Waals surface area contributed by atoms with E-state index >= 15 is 0 Å². The number of nitrogens with one attached hydrogen (secondary N) is 3. The van der Waals surface area contributed by atoms with Gasteiger partial charge in [0.15, 0.2) is 0 Å². The number of rotatable bonds is 8. The summed E-state index contributed by atoms with van der Waals surface area (Å²) in [5, 5.41) is 9.76. The van der Waals surface area contributed by atoms with Gasteiger partial charge in [-0.25, -0.2) is 0 Å². The first-order chi connectivity index (χ1) is 15.5. The molecule has 0 saturated carbocycles. The van der Waals surface area contributed by atoms with Gasteiger partial charge in [-0.2, -0.15) is 0 Å². The lowest BCUT2D eigenvalue weighted by Crippen LogP contribution is -2.33. The average Bonchev–Trinajstić information content (AvgIpc) is 2.81. The van der Waals surface area contributed by atoms with Gasteiger partial charge < -0.3 is 20.7 Å². The minimum Gasteiger partial charge on any atom is -0.468 e. The Morgan fingerprint density at radius 2 is 1.50 bits per heavy atom. The minimum absolute atomic E-state index is 0.171. The zero-order valence-corrected chi connectivity index (χ0v) is 17.5. The smallest absolute Gasteiger partial charge is 0.325 e. The van der Waals surface area contributed by atoms with Gasteiger partial charge in [-0.15, -0.1) is 0 Å². The van der Waals surface area contributed by atoms with Gasteiger partial charge in [0.05, 0.1) is 20.1 Å². The van der Waals surface area contributed by atoms with Gasteiger partial charge in [0.2, 0.25) is 11.8 Å². The Morgan fingerprint density at radius 3 is 2.25 bits per heavy atom. The summed E-state index contributed by atoms with van der Waals surface area (Å²) in [7, 11) is 1.23. The lowest BCUT2D eigenvalue weighted by atomic mass is 10.0. The number of ether oxygens (including phenoxy) is 1. The van der Waals surface area contributed by atoms with Gasteiger partial charge in [-0.1, -0.05) is 42.5 Å². The van der Waals surface area contributed by atoms with Crippen LogP contribution in [-0.4, -0.2) is 43.9 Å². The van der Waals surface area contributed by atoms with Gasteiger partial charge >= 0.3 is 5.97 Å². The summed E-state index contributed by atoms with van der Waals surface area (Å²) in [5.41, 5.74) is 1.69. The summed E-state index contributed by atoms with van der Waals surface area (Å²) in [6.07, 6.45) is 0.171. The second kappa shape index (κ2) is 10.7. The van der Waals surface area contributed by atoms with Crippen LogP contribution in [0.3, 0.4) is 0 Å². The topological polar surface area (TPSA) is 114 Å². The first-order valence-corrected chi connectivity index (χ1v) is 9.94. The zero-order chi connectivity index (χ0) is 22.9. The molecule has 32 heavy (non-hydrogen) atoms. The summed E-state index contributed by atoms with van der Waals surface area (Å²) >= 11 is 0. The normalized spacial score (nSPS) is 10.3. The maximum absolute atomic E-state index is 12.3. The van der Waals surface area contributed by atoms with Crippen LogP contribution in [0, 0.1) is 0 Å². The summed E-state index contributed by atoms with van der Waals surface area (Å²) in [5.74, 6) is -1.63. The molecular weight excluding hydrogens is 410 g/mol. The van der Waals surface area contributed by atoms with Gasteiger partial charge in [-0.05, 0) is 40.6 Å². The Bertz CT molecular complexity index is 1140. The molecule has 8 heteroatoms. The number of benzene rings is 3. The Morgan fingerprint density at radius 1 is 0.781 bits per heavy atom. The van der Waals surface area contributed by atoms with E-state index in [9.17, 15) is 19.2 Å². The maximum Gasteiger partial charge on any atom is 0.325 e. The number of hydrogen-bond donors (Lipinski definition) is 3. The van der Waals surface area contributed by atoms with E-state index in [4.69, 9.17) is 0 Å². The van der Waals surface area contributed by atoms with Crippen molar-refractivity contribution in [3.05, 3.63) is 77.9 Å². The number of carbonyl (C=O) groups is 4. The van der Waals surface area contributed by atoms with Crippen LogP contribution in [0.15, 0.2) is 66.7 Å². The number of amides is 3. The molecule has 3 aromatic carbocycles. The molecule has 3 amide bonds. The summed E-state index contributed by atoms with van der Waals surface area (Å²) in [6, 6.07) is 19.7. The third-order valence-corrected chi connectivity index (χ3v) is 4.73. The zero-order valence-electron chi connectivity index (χ0n) is 17.5. The SMILES string of the molecule is COC(=O)CNC(=O)c1ccc(NC(=O)CNC(=O)Cc2cccc3ccccc23)cc1. The van der Waals surface area contributed by atoms with E-state index in [1.165, 1.54) is 19.2 Å². The standard InChI is InChI=1S/C24H23N3O5/c1-32-23(30)15-26-24(31)17-9-11-19(12-10-17)27-22(29)14-25-21(28)13-18-7-4-6-16-5-2-3-8-20(16)18/h2-12H,13-15H2,1H3,(H,25,28)(H,26,31)(H,27,29). The third-order valence-electron chi connectivity index (χ3n) is 4.73. The highest BCUT2D eigenvalue weighted by Crippen LogP contribution is 2.18. The Balaban J connectivity index is 1.47. The predicted octanol–water partition coefficient (Wildman–Crippen LogP) is 2.04. The van der Waals surface area contributed by atoms with Crippen molar-refractivity contribution in [1.82, 2.24) is 10.6 Å². The van der Waals surface area contributed by atoms with Crippen LogP contribution >= 0.6 is 0 Å². The molecule has 0 spiro atoms. The monoisotopic (exact) mass is 433 g/mol. The van der Waals surface area contributed by atoms with Crippen molar-refractivity contribution in [2.75, 3.05) is 25.5 Å². The second-order valence-corrected chi connectivity index (χ2v) is 6.98. The minimum atomic E-state index is -0.551. The highest BCUT2D eigenvalue weighted by atomic mass is 16.5. The predicted molar refractivity (Wildman–Crippen MR) is 120 cm³/mol.